The van der Waals surface area contributed by atoms with Crippen LogP contribution in [0.2, 0.25) is 0 Å². The van der Waals surface area contributed by atoms with Crippen molar-refractivity contribution in [1.29, 1.82) is 0 Å². The van der Waals surface area contributed by atoms with Gasteiger partial charge in [-0.15, -0.1) is 0 Å². The van der Waals surface area contributed by atoms with Crippen LogP contribution in [-0.2, 0) is 4.79 Å². The van der Waals surface area contributed by atoms with E-state index in [1.807, 2.05) is 6.92 Å². The standard InChI is InChI=1S/C15H21F3O/c1-5-7-14(10-12(4)19)13(6-2)9-8-11(3)15(16,17)18/h6,8-9,14H,3,5,7,10H2,1-2,4H3/b9-8-,13-6+. The fourth-order valence-electron chi connectivity index (χ4n) is 1.84. The summed E-state index contributed by atoms with van der Waals surface area (Å²) in [7, 11) is 0. The molecule has 0 heterocycles. The molecule has 0 fully saturated rings. The Kier molecular flexibility index (Phi) is 7.42. The van der Waals surface area contributed by atoms with Gasteiger partial charge in [0.25, 0.3) is 0 Å². The normalized spacial score (nSPS) is 14.7. The van der Waals surface area contributed by atoms with Crippen LogP contribution in [0.15, 0.2) is 36.0 Å². The predicted octanol–water partition coefficient (Wildman–Crippen LogP) is 5.00. The lowest BCUT2D eigenvalue weighted by Crippen LogP contribution is -2.10. The Labute approximate surface area is 112 Å². The van der Waals surface area contributed by atoms with Crippen molar-refractivity contribution >= 4 is 5.78 Å². The van der Waals surface area contributed by atoms with E-state index in [9.17, 15) is 18.0 Å². The van der Waals surface area contributed by atoms with Gasteiger partial charge in [0.15, 0.2) is 0 Å². The second-order valence-corrected chi connectivity index (χ2v) is 4.54. The number of carbonyl (C=O) groups excluding carboxylic acids is 1. The second-order valence-electron chi connectivity index (χ2n) is 4.54. The molecule has 0 rings (SSSR count). The van der Waals surface area contributed by atoms with E-state index in [4.69, 9.17) is 0 Å². The van der Waals surface area contributed by atoms with Gasteiger partial charge in [0, 0.05) is 12.0 Å². The van der Waals surface area contributed by atoms with Gasteiger partial charge in [-0.3, -0.25) is 0 Å². The Morgan fingerprint density at radius 1 is 1.32 bits per heavy atom. The number of hydrogen-bond donors (Lipinski definition) is 0. The zero-order valence-electron chi connectivity index (χ0n) is 11.7. The summed E-state index contributed by atoms with van der Waals surface area (Å²) in [5, 5.41) is 0. The first-order valence-electron chi connectivity index (χ1n) is 6.32. The summed E-state index contributed by atoms with van der Waals surface area (Å²) in [5.41, 5.74) is -0.132. The largest absolute Gasteiger partial charge is 0.415 e. The van der Waals surface area contributed by atoms with Crippen LogP contribution in [0.1, 0.15) is 40.0 Å². The molecular formula is C15H21F3O. The van der Waals surface area contributed by atoms with Crippen molar-refractivity contribution in [3.8, 4) is 0 Å². The summed E-state index contributed by atoms with van der Waals surface area (Å²) in [5.74, 6) is 0.0191. The molecule has 0 aromatic rings. The molecule has 0 spiro atoms. The quantitative estimate of drug-likeness (QED) is 0.597. The highest BCUT2D eigenvalue weighted by Gasteiger charge is 2.29. The highest BCUT2D eigenvalue weighted by atomic mass is 19.4. The van der Waals surface area contributed by atoms with Crippen LogP contribution in [0.5, 0.6) is 0 Å². The maximum absolute atomic E-state index is 12.3. The lowest BCUT2D eigenvalue weighted by atomic mass is 9.89. The van der Waals surface area contributed by atoms with Crippen LogP contribution in [0.4, 0.5) is 13.2 Å². The van der Waals surface area contributed by atoms with Crippen molar-refractivity contribution in [3.63, 3.8) is 0 Å². The molecule has 19 heavy (non-hydrogen) atoms. The van der Waals surface area contributed by atoms with Crippen LogP contribution >= 0.6 is 0 Å². The topological polar surface area (TPSA) is 17.1 Å². The van der Waals surface area contributed by atoms with E-state index in [-0.39, 0.29) is 11.7 Å². The number of alkyl halides is 3. The fourth-order valence-corrected chi connectivity index (χ4v) is 1.84. The highest BCUT2D eigenvalue weighted by Crippen LogP contribution is 2.27. The molecular weight excluding hydrogens is 253 g/mol. The summed E-state index contributed by atoms with van der Waals surface area (Å²) in [6, 6.07) is 0. The van der Waals surface area contributed by atoms with Gasteiger partial charge in [-0.25, -0.2) is 0 Å². The Bertz CT molecular complexity index is 375. The number of carbonyl (C=O) groups is 1. The maximum Gasteiger partial charge on any atom is 0.415 e. The molecule has 0 bridgehead atoms. The average molecular weight is 274 g/mol. The minimum Gasteiger partial charge on any atom is -0.300 e. The van der Waals surface area contributed by atoms with Crippen molar-refractivity contribution in [2.24, 2.45) is 5.92 Å². The van der Waals surface area contributed by atoms with Gasteiger partial charge in [-0.05, 0) is 31.8 Å². The van der Waals surface area contributed by atoms with Crippen molar-refractivity contribution in [1.82, 2.24) is 0 Å². The predicted molar refractivity (Wildman–Crippen MR) is 71.8 cm³/mol. The van der Waals surface area contributed by atoms with E-state index in [0.717, 1.165) is 24.5 Å². The molecule has 108 valence electrons. The molecule has 1 unspecified atom stereocenters. The summed E-state index contributed by atoms with van der Waals surface area (Å²) < 4.78 is 37.0. The lowest BCUT2D eigenvalue weighted by molar-refractivity contribution is -0.117. The van der Waals surface area contributed by atoms with Crippen molar-refractivity contribution < 1.29 is 18.0 Å². The first kappa shape index (κ1) is 17.7. The third-order valence-corrected chi connectivity index (χ3v) is 2.82. The minimum atomic E-state index is -4.41. The Morgan fingerprint density at radius 3 is 2.26 bits per heavy atom. The van der Waals surface area contributed by atoms with Crippen LogP contribution < -0.4 is 0 Å². The number of Topliss-reactive ketones (excluding diaryl/α,β-unsaturated/α-hetero) is 1. The van der Waals surface area contributed by atoms with Crippen molar-refractivity contribution in [2.75, 3.05) is 0 Å². The van der Waals surface area contributed by atoms with Crippen LogP contribution in [0.25, 0.3) is 0 Å². The fraction of sp³-hybridized carbons (Fsp3) is 0.533. The smallest absolute Gasteiger partial charge is 0.300 e. The molecule has 0 aromatic carbocycles. The number of hydrogen-bond acceptors (Lipinski definition) is 1. The average Bonchev–Trinajstić information content (AvgIpc) is 2.27. The second kappa shape index (κ2) is 7.97. The zero-order chi connectivity index (χ0) is 15.1. The van der Waals surface area contributed by atoms with Crippen LogP contribution in [-0.4, -0.2) is 12.0 Å². The zero-order valence-corrected chi connectivity index (χ0v) is 11.7. The molecule has 1 nitrogen and oxygen atoms in total. The van der Waals surface area contributed by atoms with E-state index in [2.05, 4.69) is 6.58 Å². The van der Waals surface area contributed by atoms with Gasteiger partial charge in [0.05, 0.1) is 0 Å². The molecule has 0 aliphatic rings. The summed E-state index contributed by atoms with van der Waals surface area (Å²) in [4.78, 5) is 11.2. The summed E-state index contributed by atoms with van der Waals surface area (Å²) in [6.07, 6.45) is 1.75. The first-order valence-corrected chi connectivity index (χ1v) is 6.32. The van der Waals surface area contributed by atoms with Gasteiger partial charge in [0.1, 0.15) is 5.78 Å². The van der Waals surface area contributed by atoms with Gasteiger partial charge < -0.3 is 4.79 Å². The Morgan fingerprint density at radius 2 is 1.89 bits per heavy atom. The van der Waals surface area contributed by atoms with Gasteiger partial charge >= 0.3 is 6.18 Å². The van der Waals surface area contributed by atoms with E-state index in [0.29, 0.717) is 6.42 Å². The molecule has 0 saturated heterocycles. The van der Waals surface area contributed by atoms with E-state index >= 15 is 0 Å². The maximum atomic E-state index is 12.3. The molecule has 4 heteroatoms. The number of halogens is 3. The molecule has 0 aromatic heterocycles. The minimum absolute atomic E-state index is 0.0233. The highest BCUT2D eigenvalue weighted by molar-refractivity contribution is 5.76. The monoisotopic (exact) mass is 274 g/mol. The first-order chi connectivity index (χ1) is 8.72. The summed E-state index contributed by atoms with van der Waals surface area (Å²) >= 11 is 0. The molecule has 0 aliphatic carbocycles. The van der Waals surface area contributed by atoms with Crippen molar-refractivity contribution in [3.05, 3.63) is 36.0 Å². The molecule has 0 amide bonds. The molecule has 0 aliphatic heterocycles. The number of rotatable bonds is 7. The van der Waals surface area contributed by atoms with Crippen LogP contribution in [0, 0.1) is 5.92 Å². The SMILES string of the molecule is C=C(/C=C\C(=C/C)C(CCC)CC(C)=O)C(F)(F)F. The van der Waals surface area contributed by atoms with Crippen LogP contribution in [0.3, 0.4) is 0 Å². The van der Waals surface area contributed by atoms with E-state index in [1.165, 1.54) is 13.0 Å². The molecule has 1 atom stereocenters. The molecule has 0 N–H and O–H groups in total. The Balaban J connectivity index is 4.94. The van der Waals surface area contributed by atoms with E-state index in [1.54, 1.807) is 13.0 Å². The third-order valence-electron chi connectivity index (χ3n) is 2.82. The molecule has 0 saturated carbocycles. The third kappa shape index (κ3) is 6.99. The molecule has 0 radical (unpaired) electrons. The number of allylic oxidation sites excluding steroid dienone is 5. The summed E-state index contributed by atoms with van der Waals surface area (Å²) in [6.45, 7) is 8.23. The Hall–Kier alpha value is -1.32. The van der Waals surface area contributed by atoms with Gasteiger partial charge in [0.2, 0.25) is 0 Å². The lowest BCUT2D eigenvalue weighted by Gasteiger charge is -2.16. The van der Waals surface area contributed by atoms with Gasteiger partial charge in [-0.1, -0.05) is 38.2 Å². The number of ketones is 1. The van der Waals surface area contributed by atoms with Gasteiger partial charge in [-0.2, -0.15) is 13.2 Å². The van der Waals surface area contributed by atoms with Crippen molar-refractivity contribution in [2.45, 2.75) is 46.2 Å². The van der Waals surface area contributed by atoms with E-state index < -0.39 is 11.7 Å².